The van der Waals surface area contributed by atoms with Gasteiger partial charge in [-0.2, -0.15) is 0 Å². The van der Waals surface area contributed by atoms with E-state index in [1.54, 1.807) is 6.07 Å². The van der Waals surface area contributed by atoms with Crippen molar-refractivity contribution < 1.29 is 4.42 Å². The van der Waals surface area contributed by atoms with Crippen LogP contribution < -0.4 is 11.4 Å². The van der Waals surface area contributed by atoms with Crippen LogP contribution in [0.3, 0.4) is 0 Å². The molecule has 2 N–H and O–H groups in total. The van der Waals surface area contributed by atoms with Crippen molar-refractivity contribution in [2.24, 2.45) is 0 Å². The number of hydrogen-bond acceptors (Lipinski definition) is 6. The van der Waals surface area contributed by atoms with Crippen LogP contribution >= 0.6 is 11.3 Å². The molecule has 0 saturated carbocycles. The summed E-state index contributed by atoms with van der Waals surface area (Å²) in [5.74, 6) is 0.365. The molecule has 0 atom stereocenters. The minimum Gasteiger partial charge on any atom is -0.422 e. The lowest BCUT2D eigenvalue weighted by molar-refractivity contribution is 0.563. The molecule has 1 aromatic carbocycles. The molecule has 5 nitrogen and oxygen atoms in total. The van der Waals surface area contributed by atoms with Gasteiger partial charge in [0, 0.05) is 16.3 Å². The highest BCUT2D eigenvalue weighted by molar-refractivity contribution is 7.17. The zero-order chi connectivity index (χ0) is 14.4. The highest BCUT2D eigenvalue weighted by Gasteiger charge is 2.15. The maximum atomic E-state index is 12.2. The van der Waals surface area contributed by atoms with Crippen LogP contribution in [0.1, 0.15) is 0 Å². The van der Waals surface area contributed by atoms with Crippen molar-refractivity contribution in [3.63, 3.8) is 0 Å². The average molecular weight is 295 g/mol. The third-order valence-electron chi connectivity index (χ3n) is 3.33. The normalized spacial score (nSPS) is 11.2. The van der Waals surface area contributed by atoms with Crippen molar-refractivity contribution in [1.29, 1.82) is 0 Å². The number of aromatic nitrogens is 2. The molecule has 0 radical (unpaired) electrons. The number of hydrogen-bond donors (Lipinski definition) is 1. The molecule has 3 heterocycles. The Labute approximate surface area is 122 Å². The predicted molar refractivity (Wildman–Crippen MR) is 83.3 cm³/mol. The average Bonchev–Trinajstić information content (AvgIpc) is 2.92. The summed E-state index contributed by atoms with van der Waals surface area (Å²) in [6, 6.07) is 9.21. The van der Waals surface area contributed by atoms with E-state index in [1.165, 1.54) is 17.7 Å². The molecule has 0 amide bonds. The van der Waals surface area contributed by atoms with E-state index in [1.807, 2.05) is 29.6 Å². The van der Waals surface area contributed by atoms with Crippen molar-refractivity contribution in [3.05, 3.63) is 52.5 Å². The molecule has 0 unspecified atom stereocenters. The number of para-hydroxylation sites is 1. The van der Waals surface area contributed by atoms with Crippen LogP contribution in [0.25, 0.3) is 32.3 Å². The lowest BCUT2D eigenvalue weighted by atomic mass is 10.1. The SMILES string of the molecule is Nc1ncnc2scc(-c3cc4ccccc4oc3=O)c12. The minimum atomic E-state index is -0.392. The Morgan fingerprint density at radius 3 is 2.90 bits per heavy atom. The monoisotopic (exact) mass is 295 g/mol. The van der Waals surface area contributed by atoms with E-state index < -0.39 is 5.63 Å². The first-order valence-electron chi connectivity index (χ1n) is 6.25. The topological polar surface area (TPSA) is 82.0 Å². The quantitative estimate of drug-likeness (QED) is 0.546. The van der Waals surface area contributed by atoms with Gasteiger partial charge in [-0.25, -0.2) is 14.8 Å². The fourth-order valence-electron chi connectivity index (χ4n) is 2.35. The molecular formula is C15H9N3O2S. The summed E-state index contributed by atoms with van der Waals surface area (Å²) in [5.41, 5.74) is 7.29. The first kappa shape index (κ1) is 12.0. The second kappa shape index (κ2) is 4.39. The number of nitrogens with zero attached hydrogens (tertiary/aromatic N) is 2. The minimum absolute atomic E-state index is 0.365. The number of fused-ring (bicyclic) bond motifs is 2. The molecule has 0 saturated heterocycles. The first-order valence-corrected chi connectivity index (χ1v) is 7.13. The predicted octanol–water partition coefficient (Wildman–Crippen LogP) is 3.05. The van der Waals surface area contributed by atoms with Crippen LogP contribution in [0.2, 0.25) is 0 Å². The largest absolute Gasteiger partial charge is 0.422 e. The fourth-order valence-corrected chi connectivity index (χ4v) is 3.26. The summed E-state index contributed by atoms with van der Waals surface area (Å²) in [6.07, 6.45) is 1.42. The van der Waals surface area contributed by atoms with Gasteiger partial charge in [-0.15, -0.1) is 11.3 Å². The Hall–Kier alpha value is -2.73. The second-order valence-electron chi connectivity index (χ2n) is 4.57. The number of nitrogen functional groups attached to an aromatic ring is 1. The molecule has 4 aromatic rings. The summed E-state index contributed by atoms with van der Waals surface area (Å²) in [7, 11) is 0. The van der Waals surface area contributed by atoms with Gasteiger partial charge in [0.1, 0.15) is 22.6 Å². The van der Waals surface area contributed by atoms with E-state index in [0.717, 1.165) is 10.2 Å². The van der Waals surface area contributed by atoms with Crippen LogP contribution in [0.15, 0.2) is 51.3 Å². The van der Waals surface area contributed by atoms with E-state index in [0.29, 0.717) is 27.9 Å². The number of thiophene rings is 1. The van der Waals surface area contributed by atoms with Gasteiger partial charge in [-0.3, -0.25) is 0 Å². The van der Waals surface area contributed by atoms with Crippen molar-refractivity contribution in [2.45, 2.75) is 0 Å². The van der Waals surface area contributed by atoms with E-state index in [2.05, 4.69) is 9.97 Å². The van der Waals surface area contributed by atoms with Crippen molar-refractivity contribution in [2.75, 3.05) is 5.73 Å². The smallest absolute Gasteiger partial charge is 0.344 e. The molecule has 0 aliphatic rings. The Kier molecular flexibility index (Phi) is 2.52. The molecule has 0 aliphatic heterocycles. The van der Waals surface area contributed by atoms with E-state index in [9.17, 15) is 4.79 Å². The summed E-state index contributed by atoms with van der Waals surface area (Å²) in [6.45, 7) is 0. The zero-order valence-corrected chi connectivity index (χ0v) is 11.6. The van der Waals surface area contributed by atoms with Gasteiger partial charge in [-0.05, 0) is 12.1 Å². The maximum absolute atomic E-state index is 12.2. The lowest BCUT2D eigenvalue weighted by Crippen LogP contribution is -2.03. The van der Waals surface area contributed by atoms with Crippen molar-refractivity contribution in [1.82, 2.24) is 9.97 Å². The maximum Gasteiger partial charge on any atom is 0.344 e. The Bertz CT molecular complexity index is 1040. The Balaban J connectivity index is 2.09. The van der Waals surface area contributed by atoms with Gasteiger partial charge in [0.15, 0.2) is 0 Å². The molecule has 3 aromatic heterocycles. The van der Waals surface area contributed by atoms with E-state index in [-0.39, 0.29) is 0 Å². The first-order chi connectivity index (χ1) is 10.2. The van der Waals surface area contributed by atoms with Gasteiger partial charge >= 0.3 is 5.63 Å². The van der Waals surface area contributed by atoms with Gasteiger partial charge < -0.3 is 10.2 Å². The summed E-state index contributed by atoms with van der Waals surface area (Å²) >= 11 is 1.43. The van der Waals surface area contributed by atoms with Gasteiger partial charge in [0.2, 0.25) is 0 Å². The lowest BCUT2D eigenvalue weighted by Gasteiger charge is -2.02. The number of anilines is 1. The van der Waals surface area contributed by atoms with Crippen molar-refractivity contribution >= 4 is 38.3 Å². The van der Waals surface area contributed by atoms with Gasteiger partial charge in [0.05, 0.1) is 10.9 Å². The summed E-state index contributed by atoms with van der Waals surface area (Å²) in [4.78, 5) is 21.2. The summed E-state index contributed by atoms with van der Waals surface area (Å²) < 4.78 is 5.37. The highest BCUT2D eigenvalue weighted by atomic mass is 32.1. The van der Waals surface area contributed by atoms with Crippen LogP contribution in [-0.2, 0) is 0 Å². The Morgan fingerprint density at radius 2 is 2.00 bits per heavy atom. The highest BCUT2D eigenvalue weighted by Crippen LogP contribution is 2.34. The fraction of sp³-hybridized carbons (Fsp3) is 0. The van der Waals surface area contributed by atoms with E-state index in [4.69, 9.17) is 10.2 Å². The third kappa shape index (κ3) is 1.80. The molecule has 4 rings (SSSR count). The number of rotatable bonds is 1. The number of benzene rings is 1. The molecule has 0 spiro atoms. The molecule has 102 valence electrons. The number of nitrogens with two attached hydrogens (primary N) is 1. The molecular weight excluding hydrogens is 286 g/mol. The standard InChI is InChI=1S/C15H9N3O2S/c16-13-12-10(6-21-14(12)18-7-17-13)9-5-8-3-1-2-4-11(8)20-15(9)19/h1-7H,(H2,16,17,18). The molecule has 0 bridgehead atoms. The van der Waals surface area contributed by atoms with Crippen molar-refractivity contribution in [3.8, 4) is 11.1 Å². The molecule has 21 heavy (non-hydrogen) atoms. The van der Waals surface area contributed by atoms with Crippen LogP contribution in [0.4, 0.5) is 5.82 Å². The van der Waals surface area contributed by atoms with E-state index >= 15 is 0 Å². The second-order valence-corrected chi connectivity index (χ2v) is 5.43. The molecule has 0 aliphatic carbocycles. The molecule has 6 heteroatoms. The van der Waals surface area contributed by atoms with Crippen LogP contribution in [0.5, 0.6) is 0 Å². The third-order valence-corrected chi connectivity index (χ3v) is 4.22. The van der Waals surface area contributed by atoms with Gasteiger partial charge in [0.25, 0.3) is 0 Å². The van der Waals surface area contributed by atoms with Crippen LogP contribution in [-0.4, -0.2) is 9.97 Å². The van der Waals surface area contributed by atoms with Gasteiger partial charge in [-0.1, -0.05) is 18.2 Å². The molecule has 0 fully saturated rings. The van der Waals surface area contributed by atoms with Crippen LogP contribution in [0, 0.1) is 0 Å². The zero-order valence-electron chi connectivity index (χ0n) is 10.7. The Morgan fingerprint density at radius 1 is 1.14 bits per heavy atom. The summed E-state index contributed by atoms with van der Waals surface area (Å²) in [5, 5.41) is 3.42.